The summed E-state index contributed by atoms with van der Waals surface area (Å²) in [6.07, 6.45) is -11.5. The predicted octanol–water partition coefficient (Wildman–Crippen LogP) is 3.36. The second-order valence-corrected chi connectivity index (χ2v) is 4.16. The summed E-state index contributed by atoms with van der Waals surface area (Å²) < 4.78 is 80.2. The minimum absolute atomic E-state index is 0.00900. The Morgan fingerprint density at radius 3 is 2.06 bits per heavy atom. The van der Waals surface area contributed by atoms with E-state index in [9.17, 15) is 26.3 Å². The van der Waals surface area contributed by atoms with Crippen molar-refractivity contribution in [1.29, 1.82) is 0 Å². The summed E-state index contributed by atoms with van der Waals surface area (Å²) in [5.41, 5.74) is -4.93. The van der Waals surface area contributed by atoms with Crippen molar-refractivity contribution in [3.8, 4) is 0 Å². The van der Waals surface area contributed by atoms with Gasteiger partial charge in [-0.2, -0.15) is 26.3 Å². The smallest absolute Gasteiger partial charge is 0.363 e. The van der Waals surface area contributed by atoms with Crippen LogP contribution in [-0.4, -0.2) is 24.1 Å². The van der Waals surface area contributed by atoms with Crippen LogP contribution >= 0.6 is 0 Å². The molecular weight excluding hydrogens is 238 g/mol. The topological polar surface area (TPSA) is 9.23 Å². The lowest BCUT2D eigenvalue weighted by Crippen LogP contribution is -2.35. The molecule has 2 rings (SSSR count). The number of rotatable bonds is 0. The summed E-state index contributed by atoms with van der Waals surface area (Å²) in [6, 6.07) is 0. The number of fused-ring (bicyclic) bond motifs is 2. The van der Waals surface area contributed by atoms with Gasteiger partial charge in [-0.1, -0.05) is 0 Å². The SMILES string of the molecule is CC12CCC(O1)C(C(F)(F)F)=C2C(F)(F)F. The highest BCUT2D eigenvalue weighted by Crippen LogP contribution is 2.56. The first kappa shape index (κ1) is 11.8. The van der Waals surface area contributed by atoms with Crippen molar-refractivity contribution in [2.45, 2.75) is 43.8 Å². The zero-order valence-electron chi connectivity index (χ0n) is 8.17. The minimum Gasteiger partial charge on any atom is -0.363 e. The van der Waals surface area contributed by atoms with Crippen LogP contribution in [0.25, 0.3) is 0 Å². The van der Waals surface area contributed by atoms with E-state index in [1.54, 1.807) is 0 Å². The van der Waals surface area contributed by atoms with E-state index in [0.717, 1.165) is 6.92 Å². The molecule has 0 saturated carbocycles. The van der Waals surface area contributed by atoms with Gasteiger partial charge in [-0.3, -0.25) is 0 Å². The monoisotopic (exact) mass is 246 g/mol. The van der Waals surface area contributed by atoms with E-state index in [0.29, 0.717) is 0 Å². The van der Waals surface area contributed by atoms with Crippen LogP contribution in [0.5, 0.6) is 0 Å². The Labute approximate surface area is 87.1 Å². The number of hydrogen-bond donors (Lipinski definition) is 0. The summed E-state index contributed by atoms with van der Waals surface area (Å²) in [7, 11) is 0. The molecule has 2 heterocycles. The van der Waals surface area contributed by atoms with Crippen molar-refractivity contribution < 1.29 is 31.1 Å². The van der Waals surface area contributed by atoms with Gasteiger partial charge in [0.25, 0.3) is 0 Å². The quantitative estimate of drug-likeness (QED) is 0.470. The lowest BCUT2D eigenvalue weighted by atomic mass is 9.82. The van der Waals surface area contributed by atoms with Gasteiger partial charge < -0.3 is 4.74 Å². The summed E-state index contributed by atoms with van der Waals surface area (Å²) in [5, 5.41) is 0. The maximum absolute atomic E-state index is 12.6. The van der Waals surface area contributed by atoms with E-state index in [1.165, 1.54) is 0 Å². The first-order valence-corrected chi connectivity index (χ1v) is 4.62. The molecule has 0 spiro atoms. The minimum atomic E-state index is -4.99. The average molecular weight is 246 g/mol. The highest BCUT2D eigenvalue weighted by Gasteiger charge is 2.63. The number of halogens is 6. The Bertz CT molecular complexity index is 352. The maximum atomic E-state index is 12.6. The van der Waals surface area contributed by atoms with Gasteiger partial charge in [-0.25, -0.2) is 0 Å². The van der Waals surface area contributed by atoms with Crippen LogP contribution in [0.2, 0.25) is 0 Å². The van der Waals surface area contributed by atoms with E-state index >= 15 is 0 Å². The first-order valence-electron chi connectivity index (χ1n) is 4.62. The molecule has 0 amide bonds. The molecule has 0 aromatic heterocycles. The normalized spacial score (nSPS) is 35.1. The summed E-state index contributed by atoms with van der Waals surface area (Å²) >= 11 is 0. The molecule has 0 N–H and O–H groups in total. The van der Waals surface area contributed by atoms with Gasteiger partial charge in [0.1, 0.15) is 0 Å². The summed E-state index contributed by atoms with van der Waals surface area (Å²) in [4.78, 5) is 0. The van der Waals surface area contributed by atoms with Gasteiger partial charge in [0.05, 0.1) is 22.9 Å². The molecular formula is C9H8F6O. The van der Waals surface area contributed by atoms with E-state index in [1.807, 2.05) is 0 Å². The third kappa shape index (κ3) is 1.52. The molecule has 92 valence electrons. The van der Waals surface area contributed by atoms with Crippen LogP contribution in [-0.2, 0) is 4.74 Å². The molecule has 7 heteroatoms. The van der Waals surface area contributed by atoms with Crippen LogP contribution in [0.4, 0.5) is 26.3 Å². The molecule has 0 aromatic rings. The van der Waals surface area contributed by atoms with Gasteiger partial charge in [-0.05, 0) is 19.8 Å². The molecule has 2 atom stereocenters. The van der Waals surface area contributed by atoms with Gasteiger partial charge in [-0.15, -0.1) is 0 Å². The fraction of sp³-hybridized carbons (Fsp3) is 0.778. The Kier molecular flexibility index (Phi) is 2.16. The maximum Gasteiger partial charge on any atom is 0.415 e. The Morgan fingerprint density at radius 2 is 1.69 bits per heavy atom. The fourth-order valence-corrected chi connectivity index (χ4v) is 2.45. The van der Waals surface area contributed by atoms with Crippen LogP contribution in [0.15, 0.2) is 11.1 Å². The highest BCUT2D eigenvalue weighted by molar-refractivity contribution is 5.41. The van der Waals surface area contributed by atoms with E-state index < -0.39 is 35.2 Å². The molecule has 1 nitrogen and oxygen atoms in total. The van der Waals surface area contributed by atoms with E-state index in [-0.39, 0.29) is 12.8 Å². The molecule has 2 bridgehead atoms. The molecule has 16 heavy (non-hydrogen) atoms. The predicted molar refractivity (Wildman–Crippen MR) is 41.6 cm³/mol. The molecule has 0 aliphatic carbocycles. The second-order valence-electron chi connectivity index (χ2n) is 4.16. The van der Waals surface area contributed by atoms with Gasteiger partial charge in [0, 0.05) is 0 Å². The molecule has 1 saturated heterocycles. The Balaban J connectivity index is 2.59. The molecule has 2 unspecified atom stereocenters. The van der Waals surface area contributed by atoms with Crippen molar-refractivity contribution in [1.82, 2.24) is 0 Å². The largest absolute Gasteiger partial charge is 0.415 e. The Morgan fingerprint density at radius 1 is 1.12 bits per heavy atom. The molecule has 0 radical (unpaired) electrons. The molecule has 1 fully saturated rings. The number of alkyl halides is 6. The summed E-state index contributed by atoms with van der Waals surface area (Å²) in [5.74, 6) is 0. The van der Waals surface area contributed by atoms with Crippen LogP contribution < -0.4 is 0 Å². The van der Waals surface area contributed by atoms with Crippen molar-refractivity contribution in [3.63, 3.8) is 0 Å². The number of ether oxygens (including phenoxy) is 1. The zero-order valence-corrected chi connectivity index (χ0v) is 8.17. The van der Waals surface area contributed by atoms with Gasteiger partial charge >= 0.3 is 12.4 Å². The fourth-order valence-electron chi connectivity index (χ4n) is 2.45. The molecule has 0 aromatic carbocycles. The van der Waals surface area contributed by atoms with Crippen LogP contribution in [0.1, 0.15) is 19.8 Å². The first-order chi connectivity index (χ1) is 7.06. The van der Waals surface area contributed by atoms with Crippen molar-refractivity contribution in [2.75, 3.05) is 0 Å². The van der Waals surface area contributed by atoms with Gasteiger partial charge in [0.2, 0.25) is 0 Å². The van der Waals surface area contributed by atoms with Crippen LogP contribution in [0.3, 0.4) is 0 Å². The standard InChI is InChI=1S/C9H8F6O/c1-7-3-2-4(16-7)5(8(10,11)12)6(7)9(13,14)15/h4H,2-3H2,1H3. The summed E-state index contributed by atoms with van der Waals surface area (Å²) in [6.45, 7) is 1.06. The average Bonchev–Trinajstić information content (AvgIpc) is 2.52. The highest BCUT2D eigenvalue weighted by atomic mass is 19.4. The van der Waals surface area contributed by atoms with Crippen molar-refractivity contribution in [3.05, 3.63) is 11.1 Å². The zero-order chi connectivity index (χ0) is 12.4. The third-order valence-corrected chi connectivity index (χ3v) is 2.99. The van der Waals surface area contributed by atoms with E-state index in [4.69, 9.17) is 4.74 Å². The lowest BCUT2D eigenvalue weighted by molar-refractivity contribution is -0.122. The van der Waals surface area contributed by atoms with Crippen molar-refractivity contribution in [2.24, 2.45) is 0 Å². The molecule has 2 aliphatic rings. The van der Waals surface area contributed by atoms with Crippen molar-refractivity contribution >= 4 is 0 Å². The van der Waals surface area contributed by atoms with Crippen LogP contribution in [0, 0.1) is 0 Å². The van der Waals surface area contributed by atoms with Gasteiger partial charge in [0.15, 0.2) is 0 Å². The van der Waals surface area contributed by atoms with E-state index in [2.05, 4.69) is 0 Å². The second kappa shape index (κ2) is 2.94. The third-order valence-electron chi connectivity index (χ3n) is 2.99. The lowest BCUT2D eigenvalue weighted by Gasteiger charge is -2.27. The number of hydrogen-bond acceptors (Lipinski definition) is 1. The molecule has 2 aliphatic heterocycles. The Hall–Kier alpha value is -0.720.